The maximum Gasteiger partial charge on any atom is 0.328 e. The van der Waals surface area contributed by atoms with Gasteiger partial charge < -0.3 is 10.2 Å². The SMILES string of the molecule is O=C(O)/C=C/c1cccc(C(=O)CO)c1. The molecule has 78 valence electrons. The molecule has 4 heteroatoms. The number of aliphatic hydroxyl groups is 1. The Morgan fingerprint density at radius 2 is 2.07 bits per heavy atom. The Kier molecular flexibility index (Phi) is 3.76. The standard InChI is InChI=1S/C11H10O4/c12-7-10(13)9-3-1-2-8(6-9)4-5-11(14)15/h1-6,12H,7H2,(H,14,15)/b5-4+. The molecule has 2 N–H and O–H groups in total. The molecular weight excluding hydrogens is 196 g/mol. The molecule has 0 atom stereocenters. The summed E-state index contributed by atoms with van der Waals surface area (Å²) in [5.41, 5.74) is 0.974. The first-order valence-electron chi connectivity index (χ1n) is 4.28. The fraction of sp³-hybridized carbons (Fsp3) is 0.0909. The van der Waals surface area contributed by atoms with Crippen LogP contribution in [0.2, 0.25) is 0 Å². The number of hydrogen-bond donors (Lipinski definition) is 2. The Labute approximate surface area is 86.5 Å². The highest BCUT2D eigenvalue weighted by atomic mass is 16.4. The van der Waals surface area contributed by atoms with Crippen LogP contribution in [0, 0.1) is 0 Å². The van der Waals surface area contributed by atoms with E-state index in [9.17, 15) is 9.59 Å². The molecule has 0 aliphatic rings. The van der Waals surface area contributed by atoms with Gasteiger partial charge in [-0.1, -0.05) is 18.2 Å². The lowest BCUT2D eigenvalue weighted by atomic mass is 10.1. The lowest BCUT2D eigenvalue weighted by molar-refractivity contribution is -0.131. The summed E-state index contributed by atoms with van der Waals surface area (Å²) in [5.74, 6) is -1.44. The van der Waals surface area contributed by atoms with Crippen molar-refractivity contribution >= 4 is 17.8 Å². The predicted octanol–water partition coefficient (Wildman–Crippen LogP) is 0.959. The van der Waals surface area contributed by atoms with Gasteiger partial charge >= 0.3 is 5.97 Å². The summed E-state index contributed by atoms with van der Waals surface area (Å²) in [6, 6.07) is 6.40. The first-order chi connectivity index (χ1) is 7.13. The number of carbonyl (C=O) groups is 2. The summed E-state index contributed by atoms with van der Waals surface area (Å²) >= 11 is 0. The molecule has 0 unspecified atom stereocenters. The highest BCUT2D eigenvalue weighted by Crippen LogP contribution is 2.07. The minimum atomic E-state index is -1.05. The summed E-state index contributed by atoms with van der Waals surface area (Å²) in [6.07, 6.45) is 2.37. The first kappa shape index (κ1) is 11.1. The van der Waals surface area contributed by atoms with Crippen LogP contribution in [0.25, 0.3) is 6.08 Å². The highest BCUT2D eigenvalue weighted by Gasteiger charge is 2.03. The van der Waals surface area contributed by atoms with Crippen molar-refractivity contribution in [1.82, 2.24) is 0 Å². The number of Topliss-reactive ketones (excluding diaryl/α,β-unsaturated/α-hetero) is 1. The Balaban J connectivity index is 2.92. The van der Waals surface area contributed by atoms with E-state index in [4.69, 9.17) is 10.2 Å². The van der Waals surface area contributed by atoms with Crippen molar-refractivity contribution < 1.29 is 19.8 Å². The number of hydrogen-bond acceptors (Lipinski definition) is 3. The van der Waals surface area contributed by atoms with Gasteiger partial charge in [0.2, 0.25) is 0 Å². The average molecular weight is 206 g/mol. The molecule has 0 heterocycles. The van der Waals surface area contributed by atoms with Gasteiger partial charge in [-0.2, -0.15) is 0 Å². The van der Waals surface area contributed by atoms with E-state index in [0.29, 0.717) is 11.1 Å². The molecule has 0 radical (unpaired) electrons. The maximum atomic E-state index is 11.1. The van der Waals surface area contributed by atoms with Crippen LogP contribution in [-0.2, 0) is 4.79 Å². The minimum absolute atomic E-state index is 0.366. The number of rotatable bonds is 4. The minimum Gasteiger partial charge on any atom is -0.478 e. The van der Waals surface area contributed by atoms with Gasteiger partial charge in [0.15, 0.2) is 5.78 Å². The molecule has 1 rings (SSSR count). The molecule has 0 fully saturated rings. The summed E-state index contributed by atoms with van der Waals surface area (Å²) < 4.78 is 0. The quantitative estimate of drug-likeness (QED) is 0.568. The number of carbonyl (C=O) groups excluding carboxylic acids is 1. The van der Waals surface area contributed by atoms with E-state index in [1.807, 2.05) is 0 Å². The molecule has 15 heavy (non-hydrogen) atoms. The number of carboxylic acid groups (broad SMARTS) is 1. The fourth-order valence-electron chi connectivity index (χ4n) is 1.07. The highest BCUT2D eigenvalue weighted by molar-refractivity contribution is 5.97. The van der Waals surface area contributed by atoms with Gasteiger partial charge in [0, 0.05) is 11.6 Å². The van der Waals surface area contributed by atoms with Crippen LogP contribution in [0.3, 0.4) is 0 Å². The van der Waals surface area contributed by atoms with Crippen LogP contribution in [0.5, 0.6) is 0 Å². The third-order valence-corrected chi connectivity index (χ3v) is 1.77. The van der Waals surface area contributed by atoms with Crippen LogP contribution in [0.4, 0.5) is 0 Å². The predicted molar refractivity (Wildman–Crippen MR) is 54.5 cm³/mol. The third-order valence-electron chi connectivity index (χ3n) is 1.77. The first-order valence-corrected chi connectivity index (χ1v) is 4.28. The van der Waals surface area contributed by atoms with Crippen molar-refractivity contribution in [2.75, 3.05) is 6.61 Å². The lowest BCUT2D eigenvalue weighted by Gasteiger charge is -1.98. The average Bonchev–Trinajstić information content (AvgIpc) is 2.25. The van der Waals surface area contributed by atoms with Crippen LogP contribution in [-0.4, -0.2) is 28.6 Å². The Morgan fingerprint density at radius 1 is 1.33 bits per heavy atom. The molecule has 0 aromatic heterocycles. The van der Waals surface area contributed by atoms with Gasteiger partial charge in [-0.3, -0.25) is 4.79 Å². The Morgan fingerprint density at radius 3 is 2.67 bits per heavy atom. The molecule has 0 saturated heterocycles. The van der Waals surface area contributed by atoms with E-state index in [1.165, 1.54) is 12.1 Å². The summed E-state index contributed by atoms with van der Waals surface area (Å²) in [6.45, 7) is -0.550. The number of aliphatic hydroxyl groups excluding tert-OH is 1. The van der Waals surface area contributed by atoms with Gasteiger partial charge in [-0.05, 0) is 17.7 Å². The molecule has 0 bridgehead atoms. The zero-order chi connectivity index (χ0) is 11.3. The summed E-state index contributed by atoms with van der Waals surface area (Å²) in [5, 5.41) is 17.0. The van der Waals surface area contributed by atoms with Crippen molar-refractivity contribution in [2.24, 2.45) is 0 Å². The molecule has 0 amide bonds. The second kappa shape index (κ2) is 5.07. The zero-order valence-electron chi connectivity index (χ0n) is 7.88. The normalized spacial score (nSPS) is 10.5. The van der Waals surface area contributed by atoms with E-state index in [1.54, 1.807) is 18.2 Å². The van der Waals surface area contributed by atoms with Gasteiger partial charge in [0.05, 0.1) is 0 Å². The van der Waals surface area contributed by atoms with Crippen LogP contribution in [0.15, 0.2) is 30.3 Å². The second-order valence-corrected chi connectivity index (χ2v) is 2.88. The van der Waals surface area contributed by atoms with Gasteiger partial charge in [0.1, 0.15) is 6.61 Å². The zero-order valence-corrected chi connectivity index (χ0v) is 7.88. The molecule has 0 spiro atoms. The summed E-state index contributed by atoms with van der Waals surface area (Å²) in [7, 11) is 0. The molecule has 0 aliphatic carbocycles. The van der Waals surface area contributed by atoms with E-state index in [2.05, 4.69) is 0 Å². The van der Waals surface area contributed by atoms with Gasteiger partial charge in [-0.15, -0.1) is 0 Å². The monoisotopic (exact) mass is 206 g/mol. The smallest absolute Gasteiger partial charge is 0.328 e. The maximum absolute atomic E-state index is 11.1. The van der Waals surface area contributed by atoms with Gasteiger partial charge in [-0.25, -0.2) is 4.79 Å². The number of carboxylic acids is 1. The number of ketones is 1. The number of benzene rings is 1. The molecule has 1 aromatic carbocycles. The lowest BCUT2D eigenvalue weighted by Crippen LogP contribution is -2.03. The second-order valence-electron chi connectivity index (χ2n) is 2.88. The van der Waals surface area contributed by atoms with Crippen LogP contribution >= 0.6 is 0 Å². The number of aliphatic carboxylic acids is 1. The Bertz CT molecular complexity index is 407. The van der Waals surface area contributed by atoms with Gasteiger partial charge in [0.25, 0.3) is 0 Å². The van der Waals surface area contributed by atoms with E-state index < -0.39 is 12.6 Å². The fourth-order valence-corrected chi connectivity index (χ4v) is 1.07. The summed E-state index contributed by atoms with van der Waals surface area (Å²) in [4.78, 5) is 21.4. The van der Waals surface area contributed by atoms with Crippen molar-refractivity contribution in [3.8, 4) is 0 Å². The van der Waals surface area contributed by atoms with Crippen molar-refractivity contribution in [1.29, 1.82) is 0 Å². The molecular formula is C11H10O4. The largest absolute Gasteiger partial charge is 0.478 e. The van der Waals surface area contributed by atoms with Crippen molar-refractivity contribution in [3.05, 3.63) is 41.5 Å². The molecule has 4 nitrogen and oxygen atoms in total. The van der Waals surface area contributed by atoms with E-state index in [-0.39, 0.29) is 5.78 Å². The van der Waals surface area contributed by atoms with Crippen molar-refractivity contribution in [2.45, 2.75) is 0 Å². The molecule has 0 aliphatic heterocycles. The van der Waals surface area contributed by atoms with Crippen LogP contribution < -0.4 is 0 Å². The third kappa shape index (κ3) is 3.36. The molecule has 1 aromatic rings. The van der Waals surface area contributed by atoms with E-state index >= 15 is 0 Å². The molecule has 0 saturated carbocycles. The van der Waals surface area contributed by atoms with Crippen molar-refractivity contribution in [3.63, 3.8) is 0 Å². The topological polar surface area (TPSA) is 74.6 Å². The van der Waals surface area contributed by atoms with E-state index in [0.717, 1.165) is 6.08 Å². The van der Waals surface area contributed by atoms with Crippen LogP contribution in [0.1, 0.15) is 15.9 Å². The Hall–Kier alpha value is -1.94.